The number of unbranched alkanes of at least 4 members (excludes halogenated alkanes) is 3. The standard InChI is InChI=1S/C13H20N4O2/c1-3-4-5-6-7-17(16-14)10-11-8-12(18)13(19-2)9-15-11/h8-9H,3-7,10H2,1-2H3/p+1. The number of nitrogens with zero attached hydrogens (tertiary/aromatic N) is 3. The van der Waals surface area contributed by atoms with Crippen molar-refractivity contribution >= 4 is 0 Å². The van der Waals surface area contributed by atoms with Gasteiger partial charge in [0.25, 0.3) is 5.39 Å². The van der Waals surface area contributed by atoms with Gasteiger partial charge in [0.15, 0.2) is 5.75 Å². The zero-order valence-electron chi connectivity index (χ0n) is 11.6. The van der Waals surface area contributed by atoms with Gasteiger partial charge in [0.2, 0.25) is 5.43 Å². The number of hydrogen-bond donors (Lipinski definition) is 1. The number of aromatic amines is 1. The fraction of sp³-hybridized carbons (Fsp3) is 0.615. The molecule has 0 amide bonds. The van der Waals surface area contributed by atoms with Gasteiger partial charge >= 0.3 is 5.08 Å². The second-order valence-electron chi connectivity index (χ2n) is 4.43. The van der Waals surface area contributed by atoms with Gasteiger partial charge in [0.1, 0.15) is 6.54 Å². The molecule has 6 heteroatoms. The van der Waals surface area contributed by atoms with Crippen LogP contribution in [0, 0.1) is 5.39 Å². The van der Waals surface area contributed by atoms with Crippen LogP contribution >= 0.6 is 0 Å². The summed E-state index contributed by atoms with van der Waals surface area (Å²) >= 11 is 0. The molecule has 0 aliphatic heterocycles. The molecule has 1 rings (SSSR count). The molecule has 1 heterocycles. The summed E-state index contributed by atoms with van der Waals surface area (Å²) in [6.07, 6.45) is 5.95. The minimum Gasteiger partial charge on any atom is -0.491 e. The van der Waals surface area contributed by atoms with Gasteiger partial charge in [-0.3, -0.25) is 4.79 Å². The maximum absolute atomic E-state index is 11.6. The smallest absolute Gasteiger partial charge is 0.305 e. The molecule has 1 N–H and O–H groups in total. The highest BCUT2D eigenvalue weighted by Crippen LogP contribution is 2.07. The van der Waals surface area contributed by atoms with E-state index in [1.165, 1.54) is 37.2 Å². The normalized spacial score (nSPS) is 9.95. The number of nitrogens with one attached hydrogen (secondary N) is 1. The van der Waals surface area contributed by atoms with Crippen LogP contribution in [0.4, 0.5) is 0 Å². The van der Waals surface area contributed by atoms with E-state index < -0.39 is 0 Å². The Labute approximate surface area is 113 Å². The summed E-state index contributed by atoms with van der Waals surface area (Å²) in [6, 6.07) is 1.46. The van der Waals surface area contributed by atoms with Gasteiger partial charge in [0, 0.05) is 18.0 Å². The van der Waals surface area contributed by atoms with Crippen LogP contribution in [0.2, 0.25) is 0 Å². The number of methoxy groups -OCH3 is 1. The van der Waals surface area contributed by atoms with E-state index in [0.29, 0.717) is 18.8 Å². The monoisotopic (exact) mass is 265 g/mol. The second-order valence-corrected chi connectivity index (χ2v) is 4.43. The molecule has 6 nitrogen and oxygen atoms in total. The van der Waals surface area contributed by atoms with E-state index in [2.05, 4.69) is 17.0 Å². The molecule has 104 valence electrons. The first kappa shape index (κ1) is 15.0. The molecule has 1 aromatic rings. The van der Waals surface area contributed by atoms with Gasteiger partial charge in [-0.1, -0.05) is 26.2 Å². The first-order chi connectivity index (χ1) is 9.21. The zero-order chi connectivity index (χ0) is 14.1. The molecule has 0 fully saturated rings. The van der Waals surface area contributed by atoms with Crippen LogP contribution in [0.25, 0.3) is 5.08 Å². The number of rotatable bonds is 8. The average molecular weight is 265 g/mol. The average Bonchev–Trinajstić information content (AvgIpc) is 2.42. The molecule has 0 saturated heterocycles. The molecule has 0 saturated carbocycles. The zero-order valence-corrected chi connectivity index (χ0v) is 11.6. The summed E-state index contributed by atoms with van der Waals surface area (Å²) in [5.74, 6) is 0.277. The van der Waals surface area contributed by atoms with E-state index in [4.69, 9.17) is 10.1 Å². The Kier molecular flexibility index (Phi) is 6.44. The number of diazo groups is 1. The molecule has 0 radical (unpaired) electrons. The molecular formula is C13H21N4O2+. The molecule has 1 aromatic heterocycles. The Morgan fingerprint density at radius 2 is 2.21 bits per heavy atom. The maximum Gasteiger partial charge on any atom is 0.305 e. The third-order valence-electron chi connectivity index (χ3n) is 2.91. The molecule has 19 heavy (non-hydrogen) atoms. The summed E-state index contributed by atoms with van der Waals surface area (Å²) < 4.78 is 4.89. The number of pyridine rings is 1. The van der Waals surface area contributed by atoms with Gasteiger partial charge in [-0.2, -0.15) is 0 Å². The molecule has 0 aromatic carbocycles. The van der Waals surface area contributed by atoms with Crippen LogP contribution < -0.4 is 10.2 Å². The minimum atomic E-state index is -0.180. The van der Waals surface area contributed by atoms with Crippen molar-refractivity contribution < 1.29 is 4.74 Å². The Morgan fingerprint density at radius 1 is 1.42 bits per heavy atom. The van der Waals surface area contributed by atoms with Crippen LogP contribution in [0.3, 0.4) is 0 Å². The minimum absolute atomic E-state index is 0.180. The fourth-order valence-electron chi connectivity index (χ4n) is 1.82. The van der Waals surface area contributed by atoms with Crippen molar-refractivity contribution in [2.75, 3.05) is 13.7 Å². The van der Waals surface area contributed by atoms with E-state index in [0.717, 1.165) is 12.8 Å². The van der Waals surface area contributed by atoms with Gasteiger partial charge in [-0.05, 0) is 11.4 Å². The van der Waals surface area contributed by atoms with Crippen LogP contribution in [0.1, 0.15) is 38.3 Å². The topological polar surface area (TPSA) is 73.5 Å². The van der Waals surface area contributed by atoms with E-state index in [-0.39, 0.29) is 11.2 Å². The first-order valence-electron chi connectivity index (χ1n) is 6.56. The largest absolute Gasteiger partial charge is 0.491 e. The number of aromatic nitrogens is 1. The maximum atomic E-state index is 11.6. The van der Waals surface area contributed by atoms with Crippen molar-refractivity contribution in [1.82, 2.24) is 9.99 Å². The Bertz CT molecular complexity index is 478. The summed E-state index contributed by atoms with van der Waals surface area (Å²) in [4.78, 5) is 14.5. The number of H-pyrrole nitrogens is 1. The van der Waals surface area contributed by atoms with Gasteiger partial charge in [-0.25, -0.2) is 0 Å². The van der Waals surface area contributed by atoms with Gasteiger partial charge < -0.3 is 9.72 Å². The van der Waals surface area contributed by atoms with Crippen LogP contribution in [0.5, 0.6) is 5.75 Å². The lowest BCUT2D eigenvalue weighted by atomic mass is 10.2. The van der Waals surface area contributed by atoms with Crippen molar-refractivity contribution in [1.29, 1.82) is 5.39 Å². The van der Waals surface area contributed by atoms with Crippen molar-refractivity contribution in [2.45, 2.75) is 39.2 Å². The Hall–Kier alpha value is -2.03. The van der Waals surface area contributed by atoms with Crippen molar-refractivity contribution in [3.63, 3.8) is 0 Å². The number of ether oxygens (including phenoxy) is 1. The SMILES string of the molecule is CCCCCCN(Cc1cc(=O)c(OC)c[nH]1)[N+]#N. The number of hydrogen-bond acceptors (Lipinski definition) is 4. The molecule has 0 bridgehead atoms. The van der Waals surface area contributed by atoms with Crippen molar-refractivity contribution in [3.8, 4) is 5.75 Å². The fourth-order valence-corrected chi connectivity index (χ4v) is 1.82. The van der Waals surface area contributed by atoms with E-state index in [1.807, 2.05) is 0 Å². The third-order valence-corrected chi connectivity index (χ3v) is 2.91. The van der Waals surface area contributed by atoms with Crippen molar-refractivity contribution in [3.05, 3.63) is 33.3 Å². The summed E-state index contributed by atoms with van der Waals surface area (Å²) in [6.45, 7) is 3.20. The highest BCUT2D eigenvalue weighted by atomic mass is 16.5. The summed E-state index contributed by atoms with van der Waals surface area (Å²) in [5.41, 5.74) is 0.513. The van der Waals surface area contributed by atoms with Crippen LogP contribution in [0.15, 0.2) is 17.1 Å². The summed E-state index contributed by atoms with van der Waals surface area (Å²) in [7, 11) is 1.45. The molecule has 0 spiro atoms. The van der Waals surface area contributed by atoms with Crippen LogP contribution in [-0.4, -0.2) is 23.6 Å². The highest BCUT2D eigenvalue weighted by molar-refractivity contribution is 5.20. The quantitative estimate of drug-likeness (QED) is 0.445. The molecule has 0 atom stereocenters. The first-order valence-corrected chi connectivity index (χ1v) is 6.56. The molecule has 0 aliphatic carbocycles. The van der Waals surface area contributed by atoms with E-state index in [9.17, 15) is 4.79 Å². The lowest BCUT2D eigenvalue weighted by Crippen LogP contribution is -2.18. The lowest BCUT2D eigenvalue weighted by molar-refractivity contribution is 0.338. The summed E-state index contributed by atoms with van der Waals surface area (Å²) in [5, 5.41) is 13.7. The Balaban J connectivity index is 2.54. The van der Waals surface area contributed by atoms with E-state index in [1.54, 1.807) is 0 Å². The lowest BCUT2D eigenvalue weighted by Gasteiger charge is -2.06. The molecule has 0 unspecified atom stereocenters. The molecule has 0 aliphatic rings. The van der Waals surface area contributed by atoms with Crippen LogP contribution in [-0.2, 0) is 6.54 Å². The van der Waals surface area contributed by atoms with Gasteiger partial charge in [0.05, 0.1) is 13.7 Å². The van der Waals surface area contributed by atoms with Gasteiger partial charge in [-0.15, -0.1) is 0 Å². The Morgan fingerprint density at radius 3 is 2.79 bits per heavy atom. The predicted molar refractivity (Wildman–Crippen MR) is 73.3 cm³/mol. The second kappa shape index (κ2) is 8.14. The third kappa shape index (κ3) is 5.00. The highest BCUT2D eigenvalue weighted by Gasteiger charge is 2.14. The van der Waals surface area contributed by atoms with Crippen molar-refractivity contribution in [2.24, 2.45) is 0 Å². The molecular weight excluding hydrogens is 244 g/mol. The predicted octanol–water partition coefficient (Wildman–Crippen LogP) is 2.53. The van der Waals surface area contributed by atoms with E-state index >= 15 is 0 Å².